The van der Waals surface area contributed by atoms with Crippen LogP contribution in [0.5, 0.6) is 0 Å². The lowest BCUT2D eigenvalue weighted by molar-refractivity contribution is 0.301. The first kappa shape index (κ1) is 19.9. The maximum absolute atomic E-state index is 5.63. The molecule has 0 amide bonds. The van der Waals surface area contributed by atoms with E-state index in [0.29, 0.717) is 6.04 Å². The Morgan fingerprint density at radius 2 is 1.64 bits per heavy atom. The van der Waals surface area contributed by atoms with Crippen molar-refractivity contribution in [3.05, 3.63) is 0 Å². The Morgan fingerprint density at radius 3 is 2.27 bits per heavy atom. The molecule has 0 saturated carbocycles. The van der Waals surface area contributed by atoms with Crippen LogP contribution in [-0.2, 0) is 0 Å². The SMILES string of the molecule is CCC(NCCCN)C1CCCCCCCCCCCNC1. The standard InChI is InChI=1S/C19H41N3/c1-2-19(22-16-12-14-20)18-13-10-8-6-4-3-5-7-9-11-15-21-17-18/h18-19,21-22H,2-17,20H2,1H3. The van der Waals surface area contributed by atoms with Gasteiger partial charge in [0.05, 0.1) is 0 Å². The molecule has 0 aliphatic carbocycles. The van der Waals surface area contributed by atoms with Gasteiger partial charge in [-0.3, -0.25) is 0 Å². The lowest BCUT2D eigenvalue weighted by Crippen LogP contribution is -2.41. The highest BCUT2D eigenvalue weighted by Gasteiger charge is 2.18. The van der Waals surface area contributed by atoms with Crippen molar-refractivity contribution < 1.29 is 0 Å². The van der Waals surface area contributed by atoms with E-state index in [9.17, 15) is 0 Å². The third-order valence-electron chi connectivity index (χ3n) is 5.13. The number of rotatable bonds is 6. The first-order valence-corrected chi connectivity index (χ1v) is 10.0. The van der Waals surface area contributed by atoms with Crippen LogP contribution in [0.15, 0.2) is 0 Å². The Bertz CT molecular complexity index is 219. The van der Waals surface area contributed by atoms with Crippen molar-refractivity contribution in [2.45, 2.75) is 90.0 Å². The fourth-order valence-corrected chi connectivity index (χ4v) is 3.66. The van der Waals surface area contributed by atoms with Gasteiger partial charge in [0, 0.05) is 6.04 Å². The van der Waals surface area contributed by atoms with Crippen molar-refractivity contribution in [3.8, 4) is 0 Å². The lowest BCUT2D eigenvalue weighted by atomic mass is 9.90. The van der Waals surface area contributed by atoms with E-state index in [2.05, 4.69) is 17.6 Å². The van der Waals surface area contributed by atoms with Gasteiger partial charge in [0.15, 0.2) is 0 Å². The summed E-state index contributed by atoms with van der Waals surface area (Å²) >= 11 is 0. The maximum atomic E-state index is 5.63. The van der Waals surface area contributed by atoms with Gasteiger partial charge in [0.2, 0.25) is 0 Å². The second-order valence-corrected chi connectivity index (χ2v) is 7.05. The van der Waals surface area contributed by atoms with Crippen LogP contribution < -0.4 is 16.4 Å². The number of nitrogens with one attached hydrogen (secondary N) is 2. The fraction of sp³-hybridized carbons (Fsp3) is 1.00. The molecule has 0 aromatic heterocycles. The van der Waals surface area contributed by atoms with Crippen molar-refractivity contribution >= 4 is 0 Å². The molecule has 1 saturated heterocycles. The minimum atomic E-state index is 0.659. The molecule has 1 aliphatic heterocycles. The molecule has 3 nitrogen and oxygen atoms in total. The maximum Gasteiger partial charge on any atom is 0.0105 e. The van der Waals surface area contributed by atoms with Crippen molar-refractivity contribution in [2.24, 2.45) is 11.7 Å². The summed E-state index contributed by atoms with van der Waals surface area (Å²) in [6.07, 6.45) is 16.5. The van der Waals surface area contributed by atoms with Crippen LogP contribution >= 0.6 is 0 Å². The van der Waals surface area contributed by atoms with Gasteiger partial charge in [-0.25, -0.2) is 0 Å². The number of hydrogen-bond donors (Lipinski definition) is 3. The van der Waals surface area contributed by atoms with Crippen LogP contribution in [0.4, 0.5) is 0 Å². The van der Waals surface area contributed by atoms with Crippen LogP contribution in [0.2, 0.25) is 0 Å². The summed E-state index contributed by atoms with van der Waals surface area (Å²) in [5.41, 5.74) is 5.63. The zero-order chi connectivity index (χ0) is 15.9. The van der Waals surface area contributed by atoms with E-state index >= 15 is 0 Å². The molecule has 3 heteroatoms. The van der Waals surface area contributed by atoms with E-state index in [1.807, 2.05) is 0 Å². The van der Waals surface area contributed by atoms with E-state index in [1.165, 1.54) is 83.7 Å². The Kier molecular flexibility index (Phi) is 13.1. The Balaban J connectivity index is 2.39. The van der Waals surface area contributed by atoms with Crippen LogP contribution in [0.25, 0.3) is 0 Å². The van der Waals surface area contributed by atoms with Crippen molar-refractivity contribution in [2.75, 3.05) is 26.2 Å². The quantitative estimate of drug-likeness (QED) is 0.654. The molecule has 0 aromatic carbocycles. The molecule has 1 fully saturated rings. The highest BCUT2D eigenvalue weighted by atomic mass is 14.9. The summed E-state index contributed by atoms with van der Waals surface area (Å²) in [6.45, 7) is 6.59. The number of hydrogen-bond acceptors (Lipinski definition) is 3. The van der Waals surface area contributed by atoms with Gasteiger partial charge < -0.3 is 16.4 Å². The van der Waals surface area contributed by atoms with Gasteiger partial charge in [-0.15, -0.1) is 0 Å². The van der Waals surface area contributed by atoms with Crippen molar-refractivity contribution in [1.29, 1.82) is 0 Å². The summed E-state index contributed by atoms with van der Waals surface area (Å²) in [4.78, 5) is 0. The van der Waals surface area contributed by atoms with Gasteiger partial charge in [0.1, 0.15) is 0 Å². The van der Waals surface area contributed by atoms with E-state index in [1.54, 1.807) is 0 Å². The van der Waals surface area contributed by atoms with E-state index in [4.69, 9.17) is 5.73 Å². The largest absolute Gasteiger partial charge is 0.330 e. The Labute approximate surface area is 139 Å². The molecular weight excluding hydrogens is 270 g/mol. The average Bonchev–Trinajstić information content (AvgIpc) is 2.54. The molecule has 132 valence electrons. The highest BCUT2D eigenvalue weighted by Crippen LogP contribution is 2.18. The molecule has 1 rings (SSSR count). The molecule has 0 bridgehead atoms. The Hall–Kier alpha value is -0.120. The van der Waals surface area contributed by atoms with E-state index in [-0.39, 0.29) is 0 Å². The van der Waals surface area contributed by atoms with Gasteiger partial charge in [-0.1, -0.05) is 58.3 Å². The summed E-state index contributed by atoms with van der Waals surface area (Å²) in [5.74, 6) is 0.783. The predicted octanol–water partition coefficient (Wildman–Crippen LogP) is 3.82. The first-order chi connectivity index (χ1) is 10.9. The second-order valence-electron chi connectivity index (χ2n) is 7.05. The van der Waals surface area contributed by atoms with Crippen LogP contribution in [0.1, 0.15) is 84.0 Å². The zero-order valence-electron chi connectivity index (χ0n) is 15.0. The minimum absolute atomic E-state index is 0.659. The van der Waals surface area contributed by atoms with Gasteiger partial charge in [0.25, 0.3) is 0 Å². The summed E-state index contributed by atoms with van der Waals surface area (Å²) in [6, 6.07) is 0.659. The summed E-state index contributed by atoms with van der Waals surface area (Å²) < 4.78 is 0. The smallest absolute Gasteiger partial charge is 0.0105 e. The minimum Gasteiger partial charge on any atom is -0.330 e. The Morgan fingerprint density at radius 1 is 1.00 bits per heavy atom. The highest BCUT2D eigenvalue weighted by molar-refractivity contribution is 4.77. The monoisotopic (exact) mass is 311 g/mol. The molecule has 4 N–H and O–H groups in total. The van der Waals surface area contributed by atoms with Gasteiger partial charge >= 0.3 is 0 Å². The molecular formula is C19H41N3. The predicted molar refractivity (Wildman–Crippen MR) is 98.3 cm³/mol. The third-order valence-corrected chi connectivity index (χ3v) is 5.13. The molecule has 2 atom stereocenters. The zero-order valence-corrected chi connectivity index (χ0v) is 15.0. The van der Waals surface area contributed by atoms with Gasteiger partial charge in [-0.2, -0.15) is 0 Å². The van der Waals surface area contributed by atoms with E-state index < -0.39 is 0 Å². The topological polar surface area (TPSA) is 50.1 Å². The average molecular weight is 312 g/mol. The number of nitrogens with two attached hydrogens (primary N) is 1. The summed E-state index contributed by atoms with van der Waals surface area (Å²) in [7, 11) is 0. The first-order valence-electron chi connectivity index (χ1n) is 10.0. The molecule has 0 radical (unpaired) electrons. The van der Waals surface area contributed by atoms with Crippen LogP contribution in [0, 0.1) is 5.92 Å². The van der Waals surface area contributed by atoms with Crippen molar-refractivity contribution in [3.63, 3.8) is 0 Å². The third kappa shape index (κ3) is 9.81. The fourth-order valence-electron chi connectivity index (χ4n) is 3.66. The molecule has 1 heterocycles. The van der Waals surface area contributed by atoms with Crippen LogP contribution in [-0.4, -0.2) is 32.2 Å². The molecule has 22 heavy (non-hydrogen) atoms. The molecule has 0 aromatic rings. The van der Waals surface area contributed by atoms with E-state index in [0.717, 1.165) is 25.4 Å². The lowest BCUT2D eigenvalue weighted by Gasteiger charge is -2.28. The van der Waals surface area contributed by atoms with Crippen LogP contribution in [0.3, 0.4) is 0 Å². The molecule has 1 aliphatic rings. The summed E-state index contributed by atoms with van der Waals surface area (Å²) in [5, 5.41) is 7.48. The van der Waals surface area contributed by atoms with Crippen molar-refractivity contribution in [1.82, 2.24) is 10.6 Å². The normalized spacial score (nSPS) is 24.5. The molecule has 0 spiro atoms. The second kappa shape index (κ2) is 14.5. The molecule has 2 unspecified atom stereocenters. The van der Waals surface area contributed by atoms with Gasteiger partial charge in [-0.05, 0) is 57.8 Å².